The van der Waals surface area contributed by atoms with E-state index in [1.54, 1.807) is 46.8 Å². The van der Waals surface area contributed by atoms with Crippen molar-refractivity contribution >= 4 is 34.4 Å². The molecule has 1 amide bonds. The van der Waals surface area contributed by atoms with E-state index < -0.39 is 22.2 Å². The van der Waals surface area contributed by atoms with Crippen LogP contribution in [-0.2, 0) is 4.74 Å². The van der Waals surface area contributed by atoms with Crippen LogP contribution in [-0.4, -0.2) is 28.8 Å². The molecule has 0 atom stereocenters. The van der Waals surface area contributed by atoms with Crippen LogP contribution in [0.25, 0.3) is 0 Å². The Morgan fingerprint density at radius 2 is 1.91 bits per heavy atom. The monoisotopic (exact) mass is 436 g/mol. The van der Waals surface area contributed by atoms with E-state index in [2.05, 4.69) is 5.32 Å². The van der Waals surface area contributed by atoms with Gasteiger partial charge >= 0.3 is 11.8 Å². The molecule has 1 rings (SSSR count). The van der Waals surface area contributed by atoms with Crippen LogP contribution >= 0.6 is 22.6 Å². The molecule has 0 radical (unpaired) electrons. The lowest BCUT2D eigenvalue weighted by atomic mass is 10.1. The van der Waals surface area contributed by atoms with Gasteiger partial charge in [0.05, 0.1) is 10.5 Å². The number of hydrogen-bond donors (Lipinski definition) is 1. The van der Waals surface area contributed by atoms with Gasteiger partial charge in [-0.1, -0.05) is 0 Å². The Kier molecular flexibility index (Phi) is 6.20. The number of rotatable bonds is 5. The third kappa shape index (κ3) is 7.02. The Balaban J connectivity index is 2.73. The third-order valence-corrected chi connectivity index (χ3v) is 3.22. The fraction of sp³-hybridized carbons (Fsp3) is 0.533. The summed E-state index contributed by atoms with van der Waals surface area (Å²) in [6.45, 7) is 8.86. The first kappa shape index (κ1) is 19.5. The van der Waals surface area contributed by atoms with Crippen LogP contribution in [0, 0.1) is 13.7 Å². The number of nitrogens with one attached hydrogen (secondary N) is 1. The lowest BCUT2D eigenvalue weighted by molar-refractivity contribution is -0.386. The highest BCUT2D eigenvalue weighted by atomic mass is 127. The number of halogens is 1. The van der Waals surface area contributed by atoms with E-state index in [9.17, 15) is 14.9 Å². The summed E-state index contributed by atoms with van der Waals surface area (Å²) in [7, 11) is 0. The molecule has 0 aliphatic rings. The molecule has 0 aliphatic carbocycles. The van der Waals surface area contributed by atoms with E-state index >= 15 is 0 Å². The number of alkyl carbamates (subject to hydrolysis) is 1. The van der Waals surface area contributed by atoms with Crippen molar-refractivity contribution < 1.29 is 19.2 Å². The second-order valence-electron chi connectivity index (χ2n) is 6.67. The van der Waals surface area contributed by atoms with Crippen molar-refractivity contribution in [1.82, 2.24) is 5.32 Å². The average Bonchev–Trinajstić information content (AvgIpc) is 2.33. The molecule has 0 fully saturated rings. The van der Waals surface area contributed by atoms with Crippen LogP contribution in [0.4, 0.5) is 10.5 Å². The topological polar surface area (TPSA) is 90.7 Å². The summed E-state index contributed by atoms with van der Waals surface area (Å²) in [5, 5.41) is 13.8. The highest BCUT2D eigenvalue weighted by Gasteiger charge is 2.26. The van der Waals surface area contributed by atoms with Crippen LogP contribution in [0.1, 0.15) is 34.6 Å². The number of ether oxygens (including phenoxy) is 2. The molecular weight excluding hydrogens is 415 g/mol. The molecule has 0 aromatic heterocycles. The molecule has 23 heavy (non-hydrogen) atoms. The second kappa shape index (κ2) is 7.33. The van der Waals surface area contributed by atoms with Crippen LogP contribution in [0.2, 0.25) is 0 Å². The number of hydrogen-bond acceptors (Lipinski definition) is 5. The third-order valence-electron chi connectivity index (χ3n) is 2.55. The first-order chi connectivity index (χ1) is 10.4. The SMILES string of the molecule is CC(C)(COc1ccc(I)cc1[N+](=O)[O-])NC(=O)OC(C)(C)C. The van der Waals surface area contributed by atoms with Gasteiger partial charge in [-0.3, -0.25) is 10.1 Å². The Labute approximate surface area is 149 Å². The van der Waals surface area contributed by atoms with Gasteiger partial charge in [-0.05, 0) is 69.3 Å². The number of nitrogens with zero attached hydrogens (tertiary/aromatic N) is 1. The van der Waals surface area contributed by atoms with Gasteiger partial charge in [0, 0.05) is 9.64 Å². The Hall–Kier alpha value is -1.58. The lowest BCUT2D eigenvalue weighted by Crippen LogP contribution is -2.49. The zero-order chi connectivity index (χ0) is 17.8. The summed E-state index contributed by atoms with van der Waals surface area (Å²) >= 11 is 1.99. The van der Waals surface area contributed by atoms with Crippen molar-refractivity contribution in [2.75, 3.05) is 6.61 Å². The first-order valence-corrected chi connectivity index (χ1v) is 8.05. The Morgan fingerprint density at radius 1 is 1.30 bits per heavy atom. The van der Waals surface area contributed by atoms with Crippen LogP contribution < -0.4 is 10.1 Å². The zero-order valence-electron chi connectivity index (χ0n) is 13.8. The molecule has 1 N–H and O–H groups in total. The van der Waals surface area contributed by atoms with E-state index in [0.717, 1.165) is 3.57 Å². The molecule has 1 aromatic carbocycles. The molecular formula is C15H21IN2O5. The molecule has 0 unspecified atom stereocenters. The molecule has 8 heteroatoms. The predicted molar refractivity (Wildman–Crippen MR) is 94.8 cm³/mol. The van der Waals surface area contributed by atoms with Crippen molar-refractivity contribution in [3.8, 4) is 5.75 Å². The number of carbonyl (C=O) groups is 1. The maximum absolute atomic E-state index is 11.8. The maximum atomic E-state index is 11.8. The van der Waals surface area contributed by atoms with Gasteiger partial charge in [0.1, 0.15) is 12.2 Å². The van der Waals surface area contributed by atoms with E-state index in [1.165, 1.54) is 6.07 Å². The molecule has 0 bridgehead atoms. The summed E-state index contributed by atoms with van der Waals surface area (Å²) in [5.74, 6) is 0.162. The molecule has 7 nitrogen and oxygen atoms in total. The Morgan fingerprint density at radius 3 is 2.43 bits per heavy atom. The molecule has 0 saturated carbocycles. The summed E-state index contributed by atoms with van der Waals surface area (Å²) in [4.78, 5) is 22.4. The van der Waals surface area contributed by atoms with Crippen molar-refractivity contribution in [3.63, 3.8) is 0 Å². The standard InChI is InChI=1S/C15H21IN2O5/c1-14(2,3)23-13(19)17-15(4,5)9-22-12-7-6-10(16)8-11(12)18(20)21/h6-8H,9H2,1-5H3,(H,17,19). The molecule has 1 aromatic rings. The van der Waals surface area contributed by atoms with E-state index in [1.807, 2.05) is 22.6 Å². The highest BCUT2D eigenvalue weighted by Crippen LogP contribution is 2.29. The zero-order valence-corrected chi connectivity index (χ0v) is 16.0. The van der Waals surface area contributed by atoms with Gasteiger partial charge < -0.3 is 14.8 Å². The minimum atomic E-state index is -0.751. The van der Waals surface area contributed by atoms with Crippen LogP contribution in [0.3, 0.4) is 0 Å². The Bertz CT molecular complexity index is 596. The van der Waals surface area contributed by atoms with Crippen molar-refractivity contribution in [3.05, 3.63) is 31.9 Å². The second-order valence-corrected chi connectivity index (χ2v) is 7.91. The summed E-state index contributed by atoms with van der Waals surface area (Å²) in [6, 6.07) is 4.70. The fourth-order valence-electron chi connectivity index (χ4n) is 1.63. The molecule has 128 valence electrons. The van der Waals surface area contributed by atoms with E-state index in [0.29, 0.717) is 0 Å². The number of nitro benzene ring substituents is 1. The number of benzene rings is 1. The van der Waals surface area contributed by atoms with Crippen molar-refractivity contribution in [1.29, 1.82) is 0 Å². The normalized spacial score (nSPS) is 11.7. The summed E-state index contributed by atoms with van der Waals surface area (Å²) in [6.07, 6.45) is -0.566. The fourth-order valence-corrected chi connectivity index (χ4v) is 2.10. The average molecular weight is 436 g/mol. The number of nitro groups is 1. The van der Waals surface area contributed by atoms with E-state index in [4.69, 9.17) is 9.47 Å². The van der Waals surface area contributed by atoms with Gasteiger partial charge in [0.2, 0.25) is 0 Å². The molecule has 0 saturated heterocycles. The summed E-state index contributed by atoms with van der Waals surface area (Å²) < 4.78 is 11.5. The lowest BCUT2D eigenvalue weighted by Gasteiger charge is -2.28. The van der Waals surface area contributed by atoms with Gasteiger partial charge in [0.25, 0.3) is 0 Å². The van der Waals surface area contributed by atoms with Crippen molar-refractivity contribution in [2.24, 2.45) is 0 Å². The number of amides is 1. The van der Waals surface area contributed by atoms with Gasteiger partial charge in [-0.15, -0.1) is 0 Å². The largest absolute Gasteiger partial charge is 0.484 e. The highest BCUT2D eigenvalue weighted by molar-refractivity contribution is 14.1. The molecule has 0 spiro atoms. The van der Waals surface area contributed by atoms with Gasteiger partial charge in [-0.25, -0.2) is 4.79 Å². The van der Waals surface area contributed by atoms with Gasteiger partial charge in [-0.2, -0.15) is 0 Å². The quantitative estimate of drug-likeness (QED) is 0.430. The smallest absolute Gasteiger partial charge is 0.408 e. The van der Waals surface area contributed by atoms with Crippen LogP contribution in [0.15, 0.2) is 18.2 Å². The number of carbonyl (C=O) groups excluding carboxylic acids is 1. The predicted octanol–water partition coefficient (Wildman–Crippen LogP) is 3.88. The van der Waals surface area contributed by atoms with Gasteiger partial charge in [0.15, 0.2) is 5.75 Å². The van der Waals surface area contributed by atoms with E-state index in [-0.39, 0.29) is 18.0 Å². The maximum Gasteiger partial charge on any atom is 0.408 e. The minimum absolute atomic E-state index is 0.0632. The first-order valence-electron chi connectivity index (χ1n) is 6.97. The minimum Gasteiger partial charge on any atom is -0.484 e. The molecule has 0 heterocycles. The summed E-state index contributed by atoms with van der Waals surface area (Å²) in [5.41, 5.74) is -1.46. The molecule has 0 aliphatic heterocycles. The van der Waals surface area contributed by atoms with Crippen molar-refractivity contribution in [2.45, 2.75) is 45.8 Å². The van der Waals surface area contributed by atoms with Crippen LogP contribution in [0.5, 0.6) is 5.75 Å².